The fourth-order valence-corrected chi connectivity index (χ4v) is 3.20. The van der Waals surface area contributed by atoms with Crippen LogP contribution in [0.2, 0.25) is 0 Å². The maximum atomic E-state index is 12.5. The van der Waals surface area contributed by atoms with Gasteiger partial charge < -0.3 is 24.8 Å². The van der Waals surface area contributed by atoms with Crippen LogP contribution in [0.5, 0.6) is 17.2 Å². The van der Waals surface area contributed by atoms with Gasteiger partial charge in [-0.15, -0.1) is 0 Å². The zero-order valence-corrected chi connectivity index (χ0v) is 15.8. The number of aromatic hydroxyl groups is 1. The average molecular weight is 384 g/mol. The molecule has 7 nitrogen and oxygen atoms in total. The first kappa shape index (κ1) is 19.5. The van der Waals surface area contributed by atoms with E-state index in [9.17, 15) is 14.7 Å². The van der Waals surface area contributed by atoms with E-state index in [0.29, 0.717) is 43.0 Å². The van der Waals surface area contributed by atoms with Crippen LogP contribution in [-0.4, -0.2) is 54.7 Å². The summed E-state index contributed by atoms with van der Waals surface area (Å²) in [6.07, 6.45) is 1.34. The number of hydrogen-bond acceptors (Lipinski definition) is 5. The van der Waals surface area contributed by atoms with Crippen LogP contribution in [0.4, 0.5) is 0 Å². The topological polar surface area (TPSA) is 88.1 Å². The number of nitrogens with one attached hydrogen (secondary N) is 1. The second-order valence-electron chi connectivity index (χ2n) is 6.62. The van der Waals surface area contributed by atoms with Crippen molar-refractivity contribution in [2.75, 3.05) is 26.8 Å². The van der Waals surface area contributed by atoms with E-state index >= 15 is 0 Å². The van der Waals surface area contributed by atoms with Gasteiger partial charge in [-0.2, -0.15) is 0 Å². The second kappa shape index (κ2) is 9.12. The number of ether oxygens (including phenoxy) is 2. The highest BCUT2D eigenvalue weighted by Gasteiger charge is 2.25. The number of phenols is 1. The number of benzene rings is 2. The largest absolute Gasteiger partial charge is 0.508 e. The lowest BCUT2D eigenvalue weighted by Crippen LogP contribution is -2.47. The molecule has 1 heterocycles. The number of amides is 2. The smallest absolute Gasteiger partial charge is 0.258 e. The van der Waals surface area contributed by atoms with Crippen molar-refractivity contribution < 1.29 is 24.2 Å². The molecule has 2 aromatic rings. The van der Waals surface area contributed by atoms with Crippen LogP contribution in [0.15, 0.2) is 48.5 Å². The summed E-state index contributed by atoms with van der Waals surface area (Å²) in [5.41, 5.74) is 0.465. The predicted molar refractivity (Wildman–Crippen MR) is 104 cm³/mol. The number of hydrogen-bond donors (Lipinski definition) is 2. The fourth-order valence-electron chi connectivity index (χ4n) is 3.20. The standard InChI is InChI=1S/C21H24N2O5/c1-27-18-7-2-3-8-19(18)28-14-20(25)22-16-9-11-23(12-10-16)21(26)15-5-4-6-17(24)13-15/h2-8,13,16,24H,9-12,14H2,1H3,(H,22,25). The Balaban J connectivity index is 1.45. The second-order valence-corrected chi connectivity index (χ2v) is 6.62. The van der Waals surface area contributed by atoms with Gasteiger partial charge in [0.2, 0.25) is 0 Å². The lowest BCUT2D eigenvalue weighted by atomic mass is 10.0. The van der Waals surface area contributed by atoms with Gasteiger partial charge in [0, 0.05) is 24.7 Å². The summed E-state index contributed by atoms with van der Waals surface area (Å²) in [5, 5.41) is 12.5. The summed E-state index contributed by atoms with van der Waals surface area (Å²) in [6.45, 7) is 1.00. The van der Waals surface area contributed by atoms with Gasteiger partial charge >= 0.3 is 0 Å². The number of phenolic OH excluding ortho intramolecular Hbond substituents is 1. The Hall–Kier alpha value is -3.22. The third-order valence-electron chi connectivity index (χ3n) is 4.67. The van der Waals surface area contributed by atoms with Crippen LogP contribution in [0.25, 0.3) is 0 Å². The molecule has 0 radical (unpaired) electrons. The Morgan fingerprint density at radius 2 is 1.82 bits per heavy atom. The molecule has 1 aliphatic heterocycles. The maximum absolute atomic E-state index is 12.5. The minimum atomic E-state index is -0.205. The van der Waals surface area contributed by atoms with Crippen molar-refractivity contribution in [3.8, 4) is 17.2 Å². The van der Waals surface area contributed by atoms with Crippen LogP contribution in [0.3, 0.4) is 0 Å². The van der Waals surface area contributed by atoms with Crippen molar-refractivity contribution in [3.63, 3.8) is 0 Å². The van der Waals surface area contributed by atoms with Gasteiger partial charge in [0.15, 0.2) is 18.1 Å². The van der Waals surface area contributed by atoms with E-state index < -0.39 is 0 Å². The highest BCUT2D eigenvalue weighted by Crippen LogP contribution is 2.25. The number of nitrogens with zero attached hydrogens (tertiary/aromatic N) is 1. The molecule has 1 aliphatic rings. The van der Waals surface area contributed by atoms with E-state index in [1.807, 2.05) is 12.1 Å². The molecule has 0 saturated carbocycles. The summed E-state index contributed by atoms with van der Waals surface area (Å²) in [7, 11) is 1.55. The summed E-state index contributed by atoms with van der Waals surface area (Å²) < 4.78 is 10.7. The minimum absolute atomic E-state index is 0.00185. The Morgan fingerprint density at radius 3 is 2.50 bits per heavy atom. The first-order valence-corrected chi connectivity index (χ1v) is 9.20. The number of carbonyl (C=O) groups excluding carboxylic acids is 2. The normalized spacial score (nSPS) is 14.4. The highest BCUT2D eigenvalue weighted by atomic mass is 16.5. The van der Waals surface area contributed by atoms with Crippen LogP contribution in [0.1, 0.15) is 23.2 Å². The summed E-state index contributed by atoms with van der Waals surface area (Å²) in [5.74, 6) is 0.854. The summed E-state index contributed by atoms with van der Waals surface area (Å²) in [4.78, 5) is 26.4. The Labute approximate surface area is 163 Å². The van der Waals surface area contributed by atoms with Crippen molar-refractivity contribution in [2.45, 2.75) is 18.9 Å². The van der Waals surface area contributed by atoms with Gasteiger partial charge in [0.05, 0.1) is 7.11 Å². The van der Waals surface area contributed by atoms with Gasteiger partial charge in [-0.05, 0) is 43.2 Å². The van der Waals surface area contributed by atoms with Gasteiger partial charge in [0.25, 0.3) is 11.8 Å². The van der Waals surface area contributed by atoms with Crippen LogP contribution in [-0.2, 0) is 4.79 Å². The molecule has 28 heavy (non-hydrogen) atoms. The molecular weight excluding hydrogens is 360 g/mol. The predicted octanol–water partition coefficient (Wildman–Crippen LogP) is 2.20. The van der Waals surface area contributed by atoms with Crippen LogP contribution >= 0.6 is 0 Å². The number of methoxy groups -OCH3 is 1. The third kappa shape index (κ3) is 4.94. The zero-order chi connectivity index (χ0) is 19.9. The molecule has 1 fully saturated rings. The van der Waals surface area contributed by atoms with Crippen molar-refractivity contribution in [1.82, 2.24) is 10.2 Å². The van der Waals surface area contributed by atoms with Gasteiger partial charge in [-0.25, -0.2) is 0 Å². The molecule has 1 saturated heterocycles. The fraction of sp³-hybridized carbons (Fsp3) is 0.333. The Kier molecular flexibility index (Phi) is 6.37. The monoisotopic (exact) mass is 384 g/mol. The third-order valence-corrected chi connectivity index (χ3v) is 4.67. The molecule has 0 atom stereocenters. The number of rotatable bonds is 6. The molecule has 3 rings (SSSR count). The van der Waals surface area contributed by atoms with Crippen LogP contribution in [0, 0.1) is 0 Å². The SMILES string of the molecule is COc1ccccc1OCC(=O)NC1CCN(C(=O)c2cccc(O)c2)CC1. The Bertz CT molecular complexity index is 831. The van der Waals surface area contributed by atoms with Gasteiger partial charge in [-0.3, -0.25) is 9.59 Å². The molecule has 2 N–H and O–H groups in total. The van der Waals surface area contributed by atoms with E-state index in [1.165, 1.54) is 12.1 Å². The maximum Gasteiger partial charge on any atom is 0.258 e. The number of carbonyl (C=O) groups is 2. The van der Waals surface area contributed by atoms with E-state index in [0.717, 1.165) is 0 Å². The molecule has 0 aliphatic carbocycles. The minimum Gasteiger partial charge on any atom is -0.508 e. The Morgan fingerprint density at radius 1 is 1.11 bits per heavy atom. The molecule has 0 aromatic heterocycles. The summed E-state index contributed by atoms with van der Waals surface area (Å²) in [6, 6.07) is 13.5. The van der Waals surface area contributed by atoms with Crippen LogP contribution < -0.4 is 14.8 Å². The molecule has 0 unspecified atom stereocenters. The van der Waals surface area contributed by atoms with Crippen molar-refractivity contribution in [3.05, 3.63) is 54.1 Å². The molecule has 2 amide bonds. The number of para-hydroxylation sites is 2. The molecule has 0 spiro atoms. The molecule has 2 aromatic carbocycles. The van der Waals surface area contributed by atoms with Gasteiger partial charge in [-0.1, -0.05) is 18.2 Å². The number of likely N-dealkylation sites (tertiary alicyclic amines) is 1. The highest BCUT2D eigenvalue weighted by molar-refractivity contribution is 5.94. The van der Waals surface area contributed by atoms with E-state index in [1.54, 1.807) is 36.3 Å². The van der Waals surface area contributed by atoms with Crippen molar-refractivity contribution in [2.24, 2.45) is 0 Å². The molecule has 7 heteroatoms. The first-order chi connectivity index (χ1) is 13.6. The van der Waals surface area contributed by atoms with E-state index in [-0.39, 0.29) is 30.2 Å². The molecular formula is C21H24N2O5. The average Bonchev–Trinajstić information content (AvgIpc) is 2.72. The lowest BCUT2D eigenvalue weighted by Gasteiger charge is -2.32. The number of piperidine rings is 1. The molecule has 0 bridgehead atoms. The zero-order valence-electron chi connectivity index (χ0n) is 15.8. The lowest BCUT2D eigenvalue weighted by molar-refractivity contribution is -0.124. The van der Waals surface area contributed by atoms with E-state index in [2.05, 4.69) is 5.32 Å². The summed E-state index contributed by atoms with van der Waals surface area (Å²) >= 11 is 0. The van der Waals surface area contributed by atoms with Crippen molar-refractivity contribution >= 4 is 11.8 Å². The van der Waals surface area contributed by atoms with Gasteiger partial charge in [0.1, 0.15) is 5.75 Å². The van der Waals surface area contributed by atoms with Crippen molar-refractivity contribution in [1.29, 1.82) is 0 Å². The van der Waals surface area contributed by atoms with E-state index in [4.69, 9.17) is 9.47 Å². The molecule has 148 valence electrons. The first-order valence-electron chi connectivity index (χ1n) is 9.20. The quantitative estimate of drug-likeness (QED) is 0.797.